The van der Waals surface area contributed by atoms with E-state index in [1.54, 1.807) is 0 Å². The summed E-state index contributed by atoms with van der Waals surface area (Å²) >= 11 is 0. The second-order valence-electron chi connectivity index (χ2n) is 6.51. The highest BCUT2D eigenvalue weighted by Crippen LogP contribution is 2.34. The molecule has 0 radical (unpaired) electrons. The lowest BCUT2D eigenvalue weighted by Crippen LogP contribution is -2.50. The minimum Gasteiger partial charge on any atom is -0.322 e. The Morgan fingerprint density at radius 3 is 2.30 bits per heavy atom. The van der Waals surface area contributed by atoms with Crippen LogP contribution < -0.4 is 5.32 Å². The Hall–Kier alpha value is -0.620. The maximum absolute atomic E-state index is 12.4. The van der Waals surface area contributed by atoms with E-state index >= 15 is 0 Å². The van der Waals surface area contributed by atoms with E-state index in [0.29, 0.717) is 18.8 Å². The van der Waals surface area contributed by atoms with Crippen LogP contribution in [0.4, 0.5) is 0 Å². The summed E-state index contributed by atoms with van der Waals surface area (Å²) in [7, 11) is -2.87. The fourth-order valence-corrected chi connectivity index (χ4v) is 5.43. The molecule has 1 saturated carbocycles. The summed E-state index contributed by atoms with van der Waals surface area (Å²) in [4.78, 5) is 14.4. The van der Waals surface area contributed by atoms with Crippen LogP contribution in [-0.2, 0) is 14.6 Å². The van der Waals surface area contributed by atoms with Gasteiger partial charge < -0.3 is 4.90 Å². The topological polar surface area (TPSA) is 66.5 Å². The smallest absolute Gasteiger partial charge is 0.240 e. The van der Waals surface area contributed by atoms with Crippen LogP contribution in [0.5, 0.6) is 0 Å². The van der Waals surface area contributed by atoms with Gasteiger partial charge in [0.05, 0.1) is 23.7 Å². The zero-order valence-electron chi connectivity index (χ0n) is 12.0. The number of hydrogen-bond acceptors (Lipinski definition) is 4. The number of sulfone groups is 1. The fraction of sp³-hybridized carbons (Fsp3) is 0.929. The van der Waals surface area contributed by atoms with Crippen molar-refractivity contribution in [3.8, 4) is 0 Å². The molecule has 5 nitrogen and oxygen atoms in total. The summed E-state index contributed by atoms with van der Waals surface area (Å²) in [5.74, 6) is 1.16. The van der Waals surface area contributed by atoms with Gasteiger partial charge in [-0.05, 0) is 38.5 Å². The number of carbonyl (C=O) groups excluding carboxylic acids is 1. The average molecular weight is 300 g/mol. The Morgan fingerprint density at radius 2 is 1.70 bits per heavy atom. The normalized spacial score (nSPS) is 35.9. The Balaban J connectivity index is 1.76. The Kier molecular flexibility index (Phi) is 3.79. The van der Waals surface area contributed by atoms with Crippen LogP contribution in [0.25, 0.3) is 0 Å². The number of amides is 1. The molecule has 3 fully saturated rings. The van der Waals surface area contributed by atoms with E-state index in [1.165, 1.54) is 25.7 Å². The van der Waals surface area contributed by atoms with Gasteiger partial charge in [-0.15, -0.1) is 0 Å². The molecule has 2 aliphatic heterocycles. The van der Waals surface area contributed by atoms with E-state index < -0.39 is 9.84 Å². The molecule has 1 N–H and O–H groups in total. The molecule has 0 spiro atoms. The first-order valence-electron chi connectivity index (χ1n) is 7.76. The van der Waals surface area contributed by atoms with Crippen LogP contribution in [0.2, 0.25) is 0 Å². The number of hydrogen-bond donors (Lipinski definition) is 1. The standard InChI is InChI=1S/C14H24N2O3S/c1-10-14(17)16(12-6-8-20(18,19)9-7-12)13(15-10)11-4-2-3-5-11/h10-13,15H,2-9H2,1H3. The molecule has 2 unspecified atom stereocenters. The molecule has 20 heavy (non-hydrogen) atoms. The molecule has 2 atom stereocenters. The summed E-state index contributed by atoms with van der Waals surface area (Å²) in [6, 6.07) is -0.0202. The van der Waals surface area contributed by atoms with Gasteiger partial charge in [0.1, 0.15) is 9.84 Å². The quantitative estimate of drug-likeness (QED) is 0.823. The maximum Gasteiger partial charge on any atom is 0.240 e. The van der Waals surface area contributed by atoms with E-state index in [-0.39, 0.29) is 35.7 Å². The molecule has 1 aliphatic carbocycles. The Labute approximate surface area is 121 Å². The first-order chi connectivity index (χ1) is 9.48. The van der Waals surface area contributed by atoms with Crippen LogP contribution >= 0.6 is 0 Å². The molecule has 1 amide bonds. The second-order valence-corrected chi connectivity index (χ2v) is 8.81. The number of carbonyl (C=O) groups is 1. The van der Waals surface area contributed by atoms with Crippen molar-refractivity contribution in [2.24, 2.45) is 5.92 Å². The minimum atomic E-state index is -2.87. The first kappa shape index (κ1) is 14.3. The zero-order valence-corrected chi connectivity index (χ0v) is 12.9. The van der Waals surface area contributed by atoms with Crippen molar-refractivity contribution >= 4 is 15.7 Å². The van der Waals surface area contributed by atoms with Gasteiger partial charge in [-0.25, -0.2) is 8.42 Å². The lowest BCUT2D eigenvalue weighted by Gasteiger charge is -2.37. The molecular formula is C14H24N2O3S. The molecule has 0 aromatic rings. The van der Waals surface area contributed by atoms with Crippen LogP contribution in [0.15, 0.2) is 0 Å². The molecule has 0 aromatic carbocycles. The largest absolute Gasteiger partial charge is 0.322 e. The predicted molar refractivity (Wildman–Crippen MR) is 76.9 cm³/mol. The fourth-order valence-electron chi connectivity index (χ4n) is 3.97. The maximum atomic E-state index is 12.4. The third-order valence-electron chi connectivity index (χ3n) is 5.11. The van der Waals surface area contributed by atoms with Gasteiger partial charge in [-0.1, -0.05) is 12.8 Å². The lowest BCUT2D eigenvalue weighted by molar-refractivity contribution is -0.133. The summed E-state index contributed by atoms with van der Waals surface area (Å²) < 4.78 is 23.2. The molecule has 0 bridgehead atoms. The molecule has 114 valence electrons. The van der Waals surface area contributed by atoms with Crippen molar-refractivity contribution < 1.29 is 13.2 Å². The Bertz CT molecular complexity index is 471. The van der Waals surface area contributed by atoms with Crippen LogP contribution in [0.1, 0.15) is 45.4 Å². The van der Waals surface area contributed by atoms with Crippen LogP contribution in [-0.4, -0.2) is 49.0 Å². The first-order valence-corrected chi connectivity index (χ1v) is 9.59. The average Bonchev–Trinajstić information content (AvgIpc) is 3.00. The van der Waals surface area contributed by atoms with E-state index in [9.17, 15) is 13.2 Å². The highest BCUT2D eigenvalue weighted by atomic mass is 32.2. The summed E-state index contributed by atoms with van der Waals surface area (Å²) in [5, 5.41) is 3.44. The van der Waals surface area contributed by atoms with Crippen molar-refractivity contribution in [2.75, 3.05) is 11.5 Å². The summed E-state index contributed by atoms with van der Waals surface area (Å²) in [6.45, 7) is 1.92. The van der Waals surface area contributed by atoms with E-state index in [1.807, 2.05) is 11.8 Å². The van der Waals surface area contributed by atoms with Gasteiger partial charge in [0.25, 0.3) is 0 Å². The summed E-state index contributed by atoms with van der Waals surface area (Å²) in [6.07, 6.45) is 6.19. The monoisotopic (exact) mass is 300 g/mol. The van der Waals surface area contributed by atoms with Crippen LogP contribution in [0, 0.1) is 5.92 Å². The van der Waals surface area contributed by atoms with E-state index in [4.69, 9.17) is 0 Å². The Morgan fingerprint density at radius 1 is 1.10 bits per heavy atom. The highest BCUT2D eigenvalue weighted by Gasteiger charge is 2.45. The molecule has 3 rings (SSSR count). The van der Waals surface area contributed by atoms with Crippen molar-refractivity contribution in [2.45, 2.75) is 63.7 Å². The highest BCUT2D eigenvalue weighted by molar-refractivity contribution is 7.91. The number of rotatable bonds is 2. The third-order valence-corrected chi connectivity index (χ3v) is 6.82. The van der Waals surface area contributed by atoms with Gasteiger partial charge in [0.2, 0.25) is 5.91 Å². The van der Waals surface area contributed by atoms with Gasteiger partial charge in [-0.3, -0.25) is 10.1 Å². The van der Waals surface area contributed by atoms with Crippen molar-refractivity contribution in [1.82, 2.24) is 10.2 Å². The van der Waals surface area contributed by atoms with Gasteiger partial charge in [0.15, 0.2) is 0 Å². The van der Waals surface area contributed by atoms with E-state index in [2.05, 4.69) is 5.32 Å². The second kappa shape index (κ2) is 5.30. The predicted octanol–water partition coefficient (Wildman–Crippen LogP) is 0.900. The van der Waals surface area contributed by atoms with Crippen LogP contribution in [0.3, 0.4) is 0 Å². The molecular weight excluding hydrogens is 276 g/mol. The molecule has 2 heterocycles. The third kappa shape index (κ3) is 2.60. The van der Waals surface area contributed by atoms with Gasteiger partial charge >= 0.3 is 0 Å². The number of nitrogens with one attached hydrogen (secondary N) is 1. The van der Waals surface area contributed by atoms with Gasteiger partial charge in [0, 0.05) is 6.04 Å². The molecule has 0 aromatic heterocycles. The van der Waals surface area contributed by atoms with E-state index in [0.717, 1.165) is 0 Å². The van der Waals surface area contributed by atoms with Crippen molar-refractivity contribution in [3.05, 3.63) is 0 Å². The minimum absolute atomic E-state index is 0.106. The molecule has 3 aliphatic rings. The van der Waals surface area contributed by atoms with Gasteiger partial charge in [-0.2, -0.15) is 0 Å². The lowest BCUT2D eigenvalue weighted by atomic mass is 10.0. The van der Waals surface area contributed by atoms with Crippen molar-refractivity contribution in [1.29, 1.82) is 0 Å². The summed E-state index contributed by atoms with van der Waals surface area (Å²) in [5.41, 5.74) is 0. The molecule has 6 heteroatoms. The zero-order chi connectivity index (χ0) is 14.3. The van der Waals surface area contributed by atoms with Crippen molar-refractivity contribution in [3.63, 3.8) is 0 Å². The number of nitrogens with zero attached hydrogens (tertiary/aromatic N) is 1. The SMILES string of the molecule is CC1NC(C2CCCC2)N(C2CCS(=O)(=O)CC2)C1=O. The molecule has 2 saturated heterocycles.